The molecule has 1 aliphatic heterocycles. The maximum atomic E-state index is 13.2. The van der Waals surface area contributed by atoms with Crippen LogP contribution in [0, 0.1) is 0 Å². The first-order valence-electron chi connectivity index (χ1n) is 13.3. The quantitative estimate of drug-likeness (QED) is 0.192. The lowest BCUT2D eigenvalue weighted by atomic mass is 10.0. The minimum Gasteiger partial charge on any atom is -0.388 e. The molecule has 1 unspecified atom stereocenters. The smallest absolute Gasteiger partial charge is 0.388 e. The van der Waals surface area contributed by atoms with Crippen LogP contribution in [0.2, 0.25) is 5.02 Å². The van der Waals surface area contributed by atoms with E-state index in [1.54, 1.807) is 60.7 Å². The van der Waals surface area contributed by atoms with E-state index in [1.165, 1.54) is 4.68 Å². The number of nitrogens with one attached hydrogen (secondary N) is 3. The van der Waals surface area contributed by atoms with E-state index in [-0.39, 0.29) is 26.8 Å². The first-order chi connectivity index (χ1) is 21.4. The maximum Gasteiger partial charge on any atom is 0.416 e. The highest BCUT2D eigenvalue weighted by Gasteiger charge is 2.29. The number of fused-ring (bicyclic) bond motifs is 1. The number of hydrogen-bond acceptors (Lipinski definition) is 6. The van der Waals surface area contributed by atoms with Crippen molar-refractivity contribution in [2.75, 3.05) is 10.6 Å². The van der Waals surface area contributed by atoms with Crippen molar-refractivity contribution >= 4 is 62.7 Å². The molecule has 6 rings (SSSR count). The van der Waals surface area contributed by atoms with Gasteiger partial charge in [0.25, 0.3) is 17.7 Å². The lowest BCUT2D eigenvalue weighted by Crippen LogP contribution is -2.43. The second-order valence-electron chi connectivity index (χ2n) is 9.46. The van der Waals surface area contributed by atoms with Crippen LogP contribution in [0.3, 0.4) is 0 Å². The van der Waals surface area contributed by atoms with Gasteiger partial charge in [-0.25, -0.2) is 14.5 Å². The van der Waals surface area contributed by atoms with Gasteiger partial charge in [0.15, 0.2) is 5.82 Å². The van der Waals surface area contributed by atoms with E-state index in [2.05, 4.69) is 42.0 Å². The van der Waals surface area contributed by atoms with E-state index in [0.29, 0.717) is 22.6 Å². The summed E-state index contributed by atoms with van der Waals surface area (Å²) in [7, 11) is 0. The fourth-order valence-electron chi connectivity index (χ4n) is 4.54. The average molecular weight is 670 g/mol. The highest BCUT2D eigenvalue weighted by molar-refractivity contribution is 9.10. The third-order valence-electron chi connectivity index (χ3n) is 6.59. The number of carbonyl (C=O) groups is 3. The van der Waals surface area contributed by atoms with Gasteiger partial charge in [-0.1, -0.05) is 90.5 Å². The molecule has 0 saturated carbocycles. The lowest BCUT2D eigenvalue weighted by molar-refractivity contribution is -0.117. The van der Waals surface area contributed by atoms with Crippen molar-refractivity contribution in [3.05, 3.63) is 135 Å². The van der Waals surface area contributed by atoms with Gasteiger partial charge in [-0.15, -0.1) is 5.10 Å². The Hall–Kier alpha value is -5.26. The minimum absolute atomic E-state index is 0.162. The van der Waals surface area contributed by atoms with Gasteiger partial charge in [-0.2, -0.15) is 0 Å². The van der Waals surface area contributed by atoms with E-state index >= 15 is 0 Å². The average Bonchev–Trinajstić information content (AvgIpc) is 3.26. The van der Waals surface area contributed by atoms with Crippen molar-refractivity contribution in [1.82, 2.24) is 15.1 Å². The Kier molecular flexibility index (Phi) is 8.22. The summed E-state index contributed by atoms with van der Waals surface area (Å²) >= 11 is 9.65. The molecule has 10 nitrogen and oxygen atoms in total. The molecule has 0 aliphatic carbocycles. The van der Waals surface area contributed by atoms with Gasteiger partial charge in [-0.05, 0) is 46.3 Å². The normalized spacial score (nSPS) is 14.0. The molecule has 0 bridgehead atoms. The molecule has 3 N–H and O–H groups in total. The van der Waals surface area contributed by atoms with Crippen LogP contribution in [-0.2, 0) is 4.79 Å². The fraction of sp³-hybridized carbons (Fsp3) is 0.0312. The molecular formula is C32H22BrClN6O4. The van der Waals surface area contributed by atoms with Gasteiger partial charge < -0.3 is 15.4 Å². The van der Waals surface area contributed by atoms with Crippen LogP contribution < -0.4 is 20.7 Å². The number of anilines is 2. The van der Waals surface area contributed by atoms with E-state index in [4.69, 9.17) is 16.3 Å². The fourth-order valence-corrected chi connectivity index (χ4v) is 5.19. The molecule has 2 heterocycles. The van der Waals surface area contributed by atoms with Crippen molar-refractivity contribution in [1.29, 1.82) is 0 Å². The molecule has 218 valence electrons. The second kappa shape index (κ2) is 12.5. The molecule has 5 aromatic rings. The Morgan fingerprint density at radius 3 is 2.30 bits per heavy atom. The van der Waals surface area contributed by atoms with Crippen molar-refractivity contribution in [2.24, 2.45) is 4.99 Å². The molecule has 0 radical (unpaired) electrons. The number of para-hydroxylation sites is 2. The van der Waals surface area contributed by atoms with E-state index in [0.717, 1.165) is 5.56 Å². The van der Waals surface area contributed by atoms with Crippen LogP contribution in [0.15, 0.2) is 119 Å². The molecule has 0 saturated heterocycles. The summed E-state index contributed by atoms with van der Waals surface area (Å²) in [5, 5.41) is 12.8. The van der Waals surface area contributed by atoms with E-state index in [1.807, 2.05) is 48.5 Å². The van der Waals surface area contributed by atoms with Gasteiger partial charge in [0.05, 0.1) is 27.7 Å². The maximum absolute atomic E-state index is 13.2. The molecule has 1 atom stereocenters. The number of rotatable bonds is 6. The third-order valence-corrected chi connectivity index (χ3v) is 7.63. The van der Waals surface area contributed by atoms with Crippen molar-refractivity contribution < 1.29 is 19.1 Å². The number of halogens is 2. The summed E-state index contributed by atoms with van der Waals surface area (Å²) in [6.45, 7) is 0. The van der Waals surface area contributed by atoms with E-state index in [9.17, 15) is 14.4 Å². The second-order valence-corrected chi connectivity index (χ2v) is 10.7. The van der Waals surface area contributed by atoms with Crippen LogP contribution in [0.5, 0.6) is 5.88 Å². The van der Waals surface area contributed by atoms with Crippen molar-refractivity contribution in [3.8, 4) is 11.6 Å². The number of benzodiazepines with no additional fused rings is 1. The molecular weight excluding hydrogens is 648 g/mol. The summed E-state index contributed by atoms with van der Waals surface area (Å²) in [4.78, 5) is 44.1. The number of benzene rings is 4. The summed E-state index contributed by atoms with van der Waals surface area (Å²) in [6, 6.07) is 32.1. The zero-order chi connectivity index (χ0) is 30.6. The summed E-state index contributed by atoms with van der Waals surface area (Å²) in [5.74, 6) is -1.02. The highest BCUT2D eigenvalue weighted by Crippen LogP contribution is 2.35. The Labute approximate surface area is 264 Å². The van der Waals surface area contributed by atoms with Gasteiger partial charge in [0.2, 0.25) is 6.17 Å². The molecule has 0 spiro atoms. The zero-order valence-corrected chi connectivity index (χ0v) is 25.0. The number of carbonyl (C=O) groups excluding carboxylic acids is 3. The van der Waals surface area contributed by atoms with Gasteiger partial charge in [0, 0.05) is 11.1 Å². The predicted octanol–water partition coefficient (Wildman–Crippen LogP) is 6.44. The van der Waals surface area contributed by atoms with Crippen molar-refractivity contribution in [2.45, 2.75) is 6.17 Å². The number of amides is 3. The van der Waals surface area contributed by atoms with Crippen molar-refractivity contribution in [3.63, 3.8) is 0 Å². The topological polar surface area (TPSA) is 127 Å². The van der Waals surface area contributed by atoms with Crippen LogP contribution in [-0.4, -0.2) is 39.6 Å². The van der Waals surface area contributed by atoms with Gasteiger partial charge >= 0.3 is 6.09 Å². The highest BCUT2D eigenvalue weighted by atomic mass is 79.9. The monoisotopic (exact) mass is 668 g/mol. The number of aliphatic imine (C=N–C) groups is 1. The minimum atomic E-state index is -1.32. The number of hydrogen-bond donors (Lipinski definition) is 3. The molecule has 1 aromatic heterocycles. The Morgan fingerprint density at radius 1 is 0.886 bits per heavy atom. The number of aromatic nitrogens is 2. The molecule has 4 aromatic carbocycles. The van der Waals surface area contributed by atoms with Gasteiger partial charge in [0.1, 0.15) is 4.47 Å². The Balaban J connectivity index is 1.30. The van der Waals surface area contributed by atoms with Crippen LogP contribution in [0.1, 0.15) is 21.5 Å². The summed E-state index contributed by atoms with van der Waals surface area (Å²) in [6.07, 6.45) is -2.31. The molecule has 3 amide bonds. The first kappa shape index (κ1) is 28.8. The zero-order valence-electron chi connectivity index (χ0n) is 22.7. The van der Waals surface area contributed by atoms with Crippen LogP contribution in [0.4, 0.5) is 16.3 Å². The first-order valence-corrected chi connectivity index (χ1v) is 14.5. The molecule has 12 heteroatoms. The van der Waals surface area contributed by atoms with Crippen LogP contribution in [0.25, 0.3) is 5.69 Å². The summed E-state index contributed by atoms with van der Waals surface area (Å²) in [5.41, 5.74) is 3.36. The molecule has 1 aliphatic rings. The van der Waals surface area contributed by atoms with E-state index < -0.39 is 24.1 Å². The summed E-state index contributed by atoms with van der Waals surface area (Å²) < 4.78 is 7.14. The Morgan fingerprint density at radius 2 is 1.55 bits per heavy atom. The Bertz CT molecular complexity index is 1910. The molecule has 44 heavy (non-hydrogen) atoms. The van der Waals surface area contributed by atoms with Crippen LogP contribution >= 0.6 is 27.5 Å². The third kappa shape index (κ3) is 5.96. The largest absolute Gasteiger partial charge is 0.416 e. The van der Waals surface area contributed by atoms with Gasteiger partial charge in [-0.3, -0.25) is 14.9 Å². The number of nitrogens with zero attached hydrogens (tertiary/aromatic N) is 3. The molecule has 0 fully saturated rings. The SMILES string of the molecule is O=C(NC1N=C(c2ccccc2)c2ccccc2NC1=O)Oc1nn(-c2ccccc2)c(NC(=O)c2ccccc2Cl)c1Br. The number of ether oxygens (including phenoxy) is 1. The standard InChI is InChI=1S/C32H22BrClN6O4/c33-25-28(38-29(41)21-15-7-9-17-23(21)34)40(20-13-5-2-6-14-20)39-31(25)44-32(43)37-27-30(42)35-24-18-10-8-16-22(24)26(36-27)19-11-3-1-4-12-19/h1-18,27H,(H,35,42)(H,37,43)(H,38,41). The predicted molar refractivity (Wildman–Crippen MR) is 171 cm³/mol. The lowest BCUT2D eigenvalue weighted by Gasteiger charge is -2.12.